The standard InChI is InChI=1S/C24H21N5OS2/c1-15-6-7-19(13-16(15)2)29-22(18-8-10-25-11-9-18)27-28-24(29)32-14-20-17(3)30-23(26-20)21-5-4-12-31-21/h4-13H,14H2,1-3H3. The second-order valence-electron chi connectivity index (χ2n) is 7.43. The zero-order chi connectivity index (χ0) is 22.1. The van der Waals surface area contributed by atoms with Crippen molar-refractivity contribution in [3.05, 3.63) is 82.8 Å². The smallest absolute Gasteiger partial charge is 0.236 e. The third-order valence-corrected chi connectivity index (χ3v) is 7.08. The molecule has 0 spiro atoms. The van der Waals surface area contributed by atoms with Gasteiger partial charge in [-0.1, -0.05) is 23.9 Å². The Labute approximate surface area is 194 Å². The van der Waals surface area contributed by atoms with Crippen LogP contribution >= 0.6 is 23.1 Å². The van der Waals surface area contributed by atoms with Crippen molar-refractivity contribution >= 4 is 23.1 Å². The highest BCUT2D eigenvalue weighted by molar-refractivity contribution is 7.98. The summed E-state index contributed by atoms with van der Waals surface area (Å²) in [6.07, 6.45) is 3.54. The molecule has 6 nitrogen and oxygen atoms in total. The van der Waals surface area contributed by atoms with Gasteiger partial charge in [0.2, 0.25) is 5.89 Å². The van der Waals surface area contributed by atoms with Crippen molar-refractivity contribution in [2.75, 3.05) is 0 Å². The van der Waals surface area contributed by atoms with Crippen LogP contribution in [0.3, 0.4) is 0 Å². The molecule has 0 fully saturated rings. The second kappa shape index (κ2) is 8.72. The minimum Gasteiger partial charge on any atom is -0.440 e. The van der Waals surface area contributed by atoms with Gasteiger partial charge < -0.3 is 4.42 Å². The van der Waals surface area contributed by atoms with E-state index >= 15 is 0 Å². The van der Waals surface area contributed by atoms with Gasteiger partial charge in [0, 0.05) is 23.7 Å². The summed E-state index contributed by atoms with van der Waals surface area (Å²) in [5, 5.41) is 11.9. The normalized spacial score (nSPS) is 11.2. The van der Waals surface area contributed by atoms with E-state index in [1.54, 1.807) is 35.5 Å². The molecule has 0 atom stereocenters. The number of rotatable bonds is 6. The Morgan fingerprint density at radius 3 is 2.59 bits per heavy atom. The van der Waals surface area contributed by atoms with Crippen molar-refractivity contribution in [3.63, 3.8) is 0 Å². The molecule has 0 aliphatic heterocycles. The van der Waals surface area contributed by atoms with E-state index in [9.17, 15) is 0 Å². The Balaban J connectivity index is 1.50. The maximum atomic E-state index is 5.90. The van der Waals surface area contributed by atoms with Gasteiger partial charge in [0.15, 0.2) is 11.0 Å². The maximum Gasteiger partial charge on any atom is 0.236 e. The molecule has 0 N–H and O–H groups in total. The van der Waals surface area contributed by atoms with Crippen LogP contribution in [-0.4, -0.2) is 24.7 Å². The van der Waals surface area contributed by atoms with Gasteiger partial charge in [-0.25, -0.2) is 4.98 Å². The molecular weight excluding hydrogens is 438 g/mol. The van der Waals surface area contributed by atoms with E-state index in [0.717, 1.165) is 38.6 Å². The first-order chi connectivity index (χ1) is 15.6. The Morgan fingerprint density at radius 1 is 1.00 bits per heavy atom. The number of hydrogen-bond acceptors (Lipinski definition) is 7. The van der Waals surface area contributed by atoms with E-state index in [1.165, 1.54) is 11.1 Å². The first-order valence-corrected chi connectivity index (χ1v) is 12.0. The molecule has 4 aromatic heterocycles. The summed E-state index contributed by atoms with van der Waals surface area (Å²) < 4.78 is 8.00. The Bertz CT molecular complexity index is 1360. The van der Waals surface area contributed by atoms with Crippen molar-refractivity contribution < 1.29 is 4.42 Å². The molecule has 0 unspecified atom stereocenters. The first kappa shape index (κ1) is 20.7. The summed E-state index contributed by atoms with van der Waals surface area (Å²) in [5.74, 6) is 2.92. The van der Waals surface area contributed by atoms with Gasteiger partial charge in [-0.2, -0.15) is 0 Å². The fourth-order valence-electron chi connectivity index (χ4n) is 3.35. The summed E-state index contributed by atoms with van der Waals surface area (Å²) >= 11 is 3.22. The molecule has 1 aromatic carbocycles. The summed E-state index contributed by atoms with van der Waals surface area (Å²) in [6.45, 7) is 6.19. The summed E-state index contributed by atoms with van der Waals surface area (Å²) in [5.41, 5.74) is 5.39. The molecule has 0 bridgehead atoms. The number of oxazole rings is 1. The Hall–Kier alpha value is -3.23. The van der Waals surface area contributed by atoms with Crippen molar-refractivity contribution in [3.8, 4) is 27.8 Å². The zero-order valence-electron chi connectivity index (χ0n) is 17.9. The highest BCUT2D eigenvalue weighted by Crippen LogP contribution is 2.32. The molecule has 160 valence electrons. The predicted molar refractivity (Wildman–Crippen MR) is 128 cm³/mol. The van der Waals surface area contributed by atoms with E-state index in [2.05, 4.69) is 51.8 Å². The maximum absolute atomic E-state index is 5.90. The lowest BCUT2D eigenvalue weighted by molar-refractivity contribution is 0.542. The van der Waals surface area contributed by atoms with Gasteiger partial charge in [0.1, 0.15) is 5.76 Å². The lowest BCUT2D eigenvalue weighted by atomic mass is 10.1. The topological polar surface area (TPSA) is 69.6 Å². The van der Waals surface area contributed by atoms with E-state index in [0.29, 0.717) is 11.6 Å². The fraction of sp³-hybridized carbons (Fsp3) is 0.167. The van der Waals surface area contributed by atoms with Crippen molar-refractivity contribution in [1.29, 1.82) is 0 Å². The van der Waals surface area contributed by atoms with E-state index < -0.39 is 0 Å². The van der Waals surface area contributed by atoms with Crippen LogP contribution in [-0.2, 0) is 5.75 Å². The van der Waals surface area contributed by atoms with Crippen LogP contribution in [0.2, 0.25) is 0 Å². The minimum absolute atomic E-state index is 0.639. The second-order valence-corrected chi connectivity index (χ2v) is 9.32. The van der Waals surface area contributed by atoms with Crippen molar-refractivity contribution in [2.45, 2.75) is 31.7 Å². The molecule has 32 heavy (non-hydrogen) atoms. The molecule has 4 heterocycles. The number of pyridine rings is 1. The minimum atomic E-state index is 0.639. The lowest BCUT2D eigenvalue weighted by Gasteiger charge is -2.12. The van der Waals surface area contributed by atoms with Crippen LogP contribution in [0.1, 0.15) is 22.6 Å². The first-order valence-electron chi connectivity index (χ1n) is 10.2. The average Bonchev–Trinajstić information content (AvgIpc) is 3.55. The SMILES string of the molecule is Cc1ccc(-n2c(SCc3nc(-c4cccs4)oc3C)nnc2-c2ccncc2)cc1C. The third kappa shape index (κ3) is 3.99. The molecule has 8 heteroatoms. The van der Waals surface area contributed by atoms with E-state index in [-0.39, 0.29) is 0 Å². The van der Waals surface area contributed by atoms with Crippen LogP contribution in [0.25, 0.3) is 27.8 Å². The molecule has 0 saturated heterocycles. The summed E-state index contributed by atoms with van der Waals surface area (Å²) in [4.78, 5) is 9.88. The average molecular weight is 460 g/mol. The number of aryl methyl sites for hydroxylation is 3. The van der Waals surface area contributed by atoms with Crippen LogP contribution < -0.4 is 0 Å². The molecule has 5 rings (SSSR count). The van der Waals surface area contributed by atoms with E-state index in [1.807, 2.05) is 36.6 Å². The van der Waals surface area contributed by atoms with Gasteiger partial charge >= 0.3 is 0 Å². The van der Waals surface area contributed by atoms with Crippen LogP contribution in [0.15, 0.2) is 69.8 Å². The molecule has 0 saturated carbocycles. The molecule has 0 amide bonds. The Morgan fingerprint density at radius 2 is 1.84 bits per heavy atom. The monoisotopic (exact) mass is 459 g/mol. The highest BCUT2D eigenvalue weighted by Gasteiger charge is 2.19. The van der Waals surface area contributed by atoms with Crippen LogP contribution in [0.4, 0.5) is 0 Å². The third-order valence-electron chi connectivity index (χ3n) is 5.28. The van der Waals surface area contributed by atoms with E-state index in [4.69, 9.17) is 9.40 Å². The van der Waals surface area contributed by atoms with Crippen LogP contribution in [0, 0.1) is 20.8 Å². The zero-order valence-corrected chi connectivity index (χ0v) is 19.6. The number of benzene rings is 1. The van der Waals surface area contributed by atoms with Crippen molar-refractivity contribution in [2.24, 2.45) is 0 Å². The van der Waals surface area contributed by atoms with Gasteiger partial charge in [-0.3, -0.25) is 9.55 Å². The van der Waals surface area contributed by atoms with Gasteiger partial charge in [-0.05, 0) is 67.6 Å². The van der Waals surface area contributed by atoms with Gasteiger partial charge in [0.25, 0.3) is 0 Å². The molecular formula is C24H21N5OS2. The molecule has 0 radical (unpaired) electrons. The number of aromatic nitrogens is 5. The van der Waals surface area contributed by atoms with Crippen LogP contribution in [0.5, 0.6) is 0 Å². The van der Waals surface area contributed by atoms with Gasteiger partial charge in [0.05, 0.1) is 16.3 Å². The summed E-state index contributed by atoms with van der Waals surface area (Å²) in [6, 6.07) is 14.3. The molecule has 0 aliphatic carbocycles. The fourth-order valence-corrected chi connectivity index (χ4v) is 4.95. The quantitative estimate of drug-likeness (QED) is 0.279. The lowest BCUT2D eigenvalue weighted by Crippen LogP contribution is -2.01. The Kier molecular flexibility index (Phi) is 5.63. The molecule has 5 aromatic rings. The largest absolute Gasteiger partial charge is 0.440 e. The number of nitrogens with zero attached hydrogens (tertiary/aromatic N) is 5. The molecule has 0 aliphatic rings. The number of hydrogen-bond donors (Lipinski definition) is 0. The predicted octanol–water partition coefficient (Wildman–Crippen LogP) is 6.26. The van der Waals surface area contributed by atoms with Crippen molar-refractivity contribution in [1.82, 2.24) is 24.7 Å². The number of thiophene rings is 1. The van der Waals surface area contributed by atoms with Gasteiger partial charge in [-0.15, -0.1) is 21.5 Å². The summed E-state index contributed by atoms with van der Waals surface area (Å²) in [7, 11) is 0. The number of thioether (sulfide) groups is 1. The highest BCUT2D eigenvalue weighted by atomic mass is 32.2.